The molecule has 5 rings (SSSR count). The average molecular weight is 544 g/mol. The summed E-state index contributed by atoms with van der Waals surface area (Å²) >= 11 is -2.16. The molecule has 1 fully saturated rings. The Balaban J connectivity index is 1.83. The van der Waals surface area contributed by atoms with Gasteiger partial charge in [-0.25, -0.2) is 0 Å². The van der Waals surface area contributed by atoms with Crippen LogP contribution in [0, 0.1) is 13.8 Å². The number of hydrogen-bond acceptors (Lipinski definition) is 0. The van der Waals surface area contributed by atoms with E-state index in [0.717, 1.165) is 6.42 Å². The van der Waals surface area contributed by atoms with Crippen LogP contribution in [0.2, 0.25) is 0 Å². The Morgan fingerprint density at radius 3 is 2.03 bits per heavy atom. The van der Waals surface area contributed by atoms with Crippen LogP contribution in [0.5, 0.6) is 0 Å². The van der Waals surface area contributed by atoms with Crippen molar-refractivity contribution in [3.63, 3.8) is 0 Å². The molecule has 1 heteroatoms. The van der Waals surface area contributed by atoms with Crippen LogP contribution in [0.15, 0.2) is 39.7 Å². The van der Waals surface area contributed by atoms with Crippen molar-refractivity contribution < 1.29 is 21.3 Å². The molecule has 0 heterocycles. The van der Waals surface area contributed by atoms with E-state index in [4.69, 9.17) is 0 Å². The fourth-order valence-electron chi connectivity index (χ4n) is 6.97. The van der Waals surface area contributed by atoms with Crippen molar-refractivity contribution in [2.45, 2.75) is 111 Å². The monoisotopic (exact) mass is 542 g/mol. The zero-order valence-corrected chi connectivity index (χ0v) is 25.9. The van der Waals surface area contributed by atoms with E-state index in [1.54, 1.807) is 27.8 Å². The van der Waals surface area contributed by atoms with Crippen molar-refractivity contribution in [1.82, 2.24) is 0 Å². The number of allylic oxidation sites excluding steroid dienone is 4. The van der Waals surface area contributed by atoms with Crippen LogP contribution in [0.3, 0.4) is 0 Å². The Kier molecular flexibility index (Phi) is 6.66. The Bertz CT molecular complexity index is 1270. The van der Waals surface area contributed by atoms with Crippen LogP contribution in [0.25, 0.3) is 11.1 Å². The second-order valence-electron chi connectivity index (χ2n) is 13.3. The van der Waals surface area contributed by atoms with Gasteiger partial charge in [-0.1, -0.05) is 0 Å². The Hall–Kier alpha value is -1.33. The van der Waals surface area contributed by atoms with Gasteiger partial charge < -0.3 is 0 Å². The first-order valence-corrected chi connectivity index (χ1v) is 17.6. The van der Waals surface area contributed by atoms with Crippen LogP contribution in [0.4, 0.5) is 0 Å². The molecule has 0 bridgehead atoms. The summed E-state index contributed by atoms with van der Waals surface area (Å²) in [4.78, 5) is 0. The van der Waals surface area contributed by atoms with Crippen LogP contribution >= 0.6 is 0 Å². The van der Waals surface area contributed by atoms with E-state index >= 15 is 0 Å². The SMILES string of the molecule is Cc1cc2c(cc1C(C)(C)C)-c1cc(C(C)(C)C)c(C)[c]([Zr]([C]3=CC=CC3)=[C]3CCCCC3)c1C2. The Labute approximate surface area is 222 Å². The summed E-state index contributed by atoms with van der Waals surface area (Å²) in [7, 11) is 0. The second kappa shape index (κ2) is 9.20. The molecule has 3 aliphatic rings. The molecule has 0 saturated heterocycles. The number of hydrogen-bond donors (Lipinski definition) is 0. The summed E-state index contributed by atoms with van der Waals surface area (Å²) in [5.41, 5.74) is 12.9. The molecule has 1 saturated carbocycles. The molecule has 184 valence electrons. The molecule has 0 aliphatic heterocycles. The van der Waals surface area contributed by atoms with Crippen LogP contribution < -0.4 is 3.27 Å². The molecule has 0 spiro atoms. The fraction of sp³-hybridized carbons (Fsp3) is 0.500. The molecule has 2 aromatic rings. The molecule has 0 atom stereocenters. The number of benzene rings is 2. The van der Waals surface area contributed by atoms with Crippen molar-refractivity contribution in [3.8, 4) is 11.1 Å². The van der Waals surface area contributed by atoms with E-state index in [0.29, 0.717) is 0 Å². The maximum absolute atomic E-state index is 2.61. The van der Waals surface area contributed by atoms with Crippen molar-refractivity contribution in [2.24, 2.45) is 0 Å². The third-order valence-electron chi connectivity index (χ3n) is 8.57. The minimum absolute atomic E-state index is 0.155. The standard InChI is InChI=1S/C23H29.C6H10.C5H5.Zr/c1-14-9-16-11-17-10-15(2)21(23(6,7)8)13-19(17)18(16)12-20(14)22(3,4)5;1-2-4-6-5-3-1;1-2-4-5-3-1;/h9,12-13H,11H2,1-8H3;1-5H2;1-3H,4H2;. The van der Waals surface area contributed by atoms with E-state index in [-0.39, 0.29) is 10.8 Å². The zero-order valence-electron chi connectivity index (χ0n) is 23.4. The predicted octanol–water partition coefficient (Wildman–Crippen LogP) is 8.69. The van der Waals surface area contributed by atoms with Crippen molar-refractivity contribution >= 4 is 6.48 Å². The van der Waals surface area contributed by atoms with E-state index in [1.807, 2.05) is 9.76 Å². The summed E-state index contributed by atoms with van der Waals surface area (Å²) in [6.07, 6.45) is 16.6. The maximum atomic E-state index is 2.61. The van der Waals surface area contributed by atoms with Gasteiger partial charge in [-0.3, -0.25) is 0 Å². The van der Waals surface area contributed by atoms with E-state index in [9.17, 15) is 0 Å². The minimum atomic E-state index is -2.16. The molecular formula is C34H44Zr. The van der Waals surface area contributed by atoms with Gasteiger partial charge in [0.05, 0.1) is 0 Å². The van der Waals surface area contributed by atoms with E-state index in [2.05, 4.69) is 91.8 Å². The summed E-state index contributed by atoms with van der Waals surface area (Å²) in [6.45, 7) is 19.2. The van der Waals surface area contributed by atoms with Gasteiger partial charge in [-0.05, 0) is 0 Å². The van der Waals surface area contributed by atoms with Crippen molar-refractivity contribution in [1.29, 1.82) is 0 Å². The second-order valence-corrected chi connectivity index (χ2v) is 19.7. The van der Waals surface area contributed by atoms with Gasteiger partial charge in [0.25, 0.3) is 0 Å². The number of rotatable bonds is 2. The number of fused-ring (bicyclic) bond motifs is 3. The molecular weight excluding hydrogens is 500 g/mol. The Morgan fingerprint density at radius 2 is 1.43 bits per heavy atom. The van der Waals surface area contributed by atoms with Gasteiger partial charge in [0.1, 0.15) is 0 Å². The molecule has 0 N–H and O–H groups in total. The first-order chi connectivity index (χ1) is 16.5. The summed E-state index contributed by atoms with van der Waals surface area (Å²) in [6, 6.07) is 7.70. The molecule has 0 radical (unpaired) electrons. The summed E-state index contributed by atoms with van der Waals surface area (Å²) in [5.74, 6) is 0. The molecule has 0 nitrogen and oxygen atoms in total. The topological polar surface area (TPSA) is 0 Å². The molecule has 0 amide bonds. The summed E-state index contributed by atoms with van der Waals surface area (Å²) in [5, 5.41) is 0. The number of aryl methyl sites for hydroxylation is 1. The van der Waals surface area contributed by atoms with Gasteiger partial charge >= 0.3 is 223 Å². The quantitative estimate of drug-likeness (QED) is 0.303. The predicted molar refractivity (Wildman–Crippen MR) is 151 cm³/mol. The first kappa shape index (κ1) is 25.3. The molecule has 0 unspecified atom stereocenters. The molecule has 2 aromatic carbocycles. The molecule has 3 aliphatic carbocycles. The normalized spacial score (nSPS) is 17.5. The Morgan fingerprint density at radius 1 is 0.771 bits per heavy atom. The van der Waals surface area contributed by atoms with Crippen LogP contribution in [0.1, 0.15) is 113 Å². The first-order valence-electron chi connectivity index (χ1n) is 13.9. The van der Waals surface area contributed by atoms with Gasteiger partial charge in [0.15, 0.2) is 0 Å². The fourth-order valence-corrected chi connectivity index (χ4v) is 15.8. The van der Waals surface area contributed by atoms with Gasteiger partial charge in [-0.15, -0.1) is 0 Å². The third kappa shape index (κ3) is 4.61. The van der Waals surface area contributed by atoms with Gasteiger partial charge in [0.2, 0.25) is 0 Å². The van der Waals surface area contributed by atoms with Gasteiger partial charge in [-0.2, -0.15) is 0 Å². The van der Waals surface area contributed by atoms with Crippen LogP contribution in [-0.2, 0) is 38.5 Å². The third-order valence-corrected chi connectivity index (χ3v) is 16.9. The van der Waals surface area contributed by atoms with Crippen LogP contribution in [-0.4, -0.2) is 3.21 Å². The average Bonchev–Trinajstić information content (AvgIpc) is 3.41. The van der Waals surface area contributed by atoms with Crippen molar-refractivity contribution in [3.05, 3.63) is 73.1 Å². The van der Waals surface area contributed by atoms with Crippen molar-refractivity contribution in [2.75, 3.05) is 0 Å². The zero-order chi connectivity index (χ0) is 25.1. The van der Waals surface area contributed by atoms with E-state index < -0.39 is 21.3 Å². The molecule has 35 heavy (non-hydrogen) atoms. The molecule has 0 aromatic heterocycles. The van der Waals surface area contributed by atoms with Gasteiger partial charge in [0, 0.05) is 0 Å². The summed E-state index contributed by atoms with van der Waals surface area (Å²) < 4.78 is 5.67. The van der Waals surface area contributed by atoms with E-state index in [1.165, 1.54) is 55.2 Å².